The summed E-state index contributed by atoms with van der Waals surface area (Å²) >= 11 is 0. The second kappa shape index (κ2) is 25.0. The van der Waals surface area contributed by atoms with Crippen molar-refractivity contribution in [3.05, 3.63) is 168 Å². The van der Waals surface area contributed by atoms with Crippen LogP contribution in [0.15, 0.2) is 146 Å². The van der Waals surface area contributed by atoms with E-state index >= 15 is 0 Å². The Morgan fingerprint density at radius 1 is 0.382 bits per heavy atom. The minimum Gasteiger partial charge on any atom is -0.394 e. The van der Waals surface area contributed by atoms with Gasteiger partial charge in [0.25, 0.3) is 0 Å². The van der Waals surface area contributed by atoms with E-state index in [2.05, 4.69) is 87.5 Å². The van der Waals surface area contributed by atoms with Crippen molar-refractivity contribution in [1.82, 2.24) is 34.6 Å². The SMILES string of the molecule is OC[C@H]1O[C@@H](O[C@@H]2[C@H](O)[C@@H](O)[C@H](OCCN(CCN(Cc3ccc4ccccc4n3)Cc3ccc4ccccc4n3)CCN(Cc3ccc4ccccc4n3)Cc3ccc4ccccc4n3)O[C@@H]2CO)[C@H](O)[C@@H](O)[C@@H]1O. The third-order valence-corrected chi connectivity index (χ3v) is 14.3. The Bertz CT molecular complexity index is 2840. The molecule has 7 N–H and O–H groups in total. The van der Waals surface area contributed by atoms with Crippen LogP contribution in [0.4, 0.5) is 0 Å². The standard InChI is InChI=1S/C58H65N7O11/c66-35-49-51(68)52(69)54(71)58(74-49)76-56-50(36-67)75-57(55(72)53(56)70)73-30-29-63(25-27-64(31-41-21-17-37-9-1-5-13-45(37)59-41)32-42-22-18-38-10-2-6-14-46(38)60-42)26-28-65(33-43-23-19-39-11-3-7-15-47(39)61-43)34-44-24-20-40-12-4-8-16-48(40)62-44/h1-24,49-58,66-72H,25-36H2/t49-,50-,51-,52+,53-,54-,55-,56+,57-,58+/m1/s1. The van der Waals surface area contributed by atoms with Crippen molar-refractivity contribution in [1.29, 1.82) is 0 Å². The lowest BCUT2D eigenvalue weighted by atomic mass is 9.97. The number of fused-ring (bicyclic) bond motifs is 4. The molecule has 6 heterocycles. The number of aliphatic hydroxyl groups excluding tert-OH is 7. The summed E-state index contributed by atoms with van der Waals surface area (Å²) in [4.78, 5) is 27.1. The summed E-state index contributed by atoms with van der Waals surface area (Å²) in [6.07, 6.45) is -15.6. The molecule has 2 aliphatic rings. The predicted octanol–water partition coefficient (Wildman–Crippen LogP) is 3.53. The summed E-state index contributed by atoms with van der Waals surface area (Å²) in [5.74, 6) is 0. The molecule has 0 saturated carbocycles. The summed E-state index contributed by atoms with van der Waals surface area (Å²) in [5.41, 5.74) is 7.32. The van der Waals surface area contributed by atoms with E-state index in [0.717, 1.165) is 66.4 Å². The fourth-order valence-corrected chi connectivity index (χ4v) is 10.0. The van der Waals surface area contributed by atoms with E-state index in [9.17, 15) is 35.7 Å². The molecule has 0 aliphatic carbocycles. The van der Waals surface area contributed by atoms with Crippen LogP contribution in [0.25, 0.3) is 43.6 Å². The molecule has 4 aromatic heterocycles. The first kappa shape index (κ1) is 53.4. The van der Waals surface area contributed by atoms with Gasteiger partial charge < -0.3 is 54.7 Å². The highest BCUT2D eigenvalue weighted by atomic mass is 16.7. The zero-order chi connectivity index (χ0) is 52.5. The van der Waals surface area contributed by atoms with Crippen molar-refractivity contribution < 1.29 is 54.7 Å². The zero-order valence-electron chi connectivity index (χ0n) is 42.0. The van der Waals surface area contributed by atoms with E-state index in [1.807, 2.05) is 72.8 Å². The average molecular weight is 1040 g/mol. The van der Waals surface area contributed by atoms with Gasteiger partial charge in [-0.1, -0.05) is 97.1 Å². The monoisotopic (exact) mass is 1040 g/mol. The predicted molar refractivity (Wildman–Crippen MR) is 284 cm³/mol. The lowest BCUT2D eigenvalue weighted by molar-refractivity contribution is -0.359. The van der Waals surface area contributed by atoms with Crippen LogP contribution in [0.5, 0.6) is 0 Å². The Morgan fingerprint density at radius 3 is 1.16 bits per heavy atom. The molecule has 10 atom stereocenters. The molecule has 4 aromatic carbocycles. The van der Waals surface area contributed by atoms with Gasteiger partial charge in [-0.05, 0) is 48.5 Å². The van der Waals surface area contributed by atoms with Crippen LogP contribution in [0.3, 0.4) is 0 Å². The minimum atomic E-state index is -1.78. The van der Waals surface area contributed by atoms with Gasteiger partial charge in [-0.15, -0.1) is 0 Å². The van der Waals surface area contributed by atoms with E-state index in [4.69, 9.17) is 38.9 Å². The molecule has 398 valence electrons. The van der Waals surface area contributed by atoms with Crippen LogP contribution >= 0.6 is 0 Å². The maximum absolute atomic E-state index is 11.4. The Balaban J connectivity index is 0.891. The number of pyridine rings is 4. The number of hydrogen-bond donors (Lipinski definition) is 7. The molecule has 0 radical (unpaired) electrons. The Kier molecular flexibility index (Phi) is 17.5. The van der Waals surface area contributed by atoms with Crippen molar-refractivity contribution >= 4 is 43.6 Å². The van der Waals surface area contributed by atoms with Crippen LogP contribution in [-0.2, 0) is 45.1 Å². The first-order valence-corrected chi connectivity index (χ1v) is 25.8. The molecule has 0 unspecified atom stereocenters. The van der Waals surface area contributed by atoms with Crippen molar-refractivity contribution in [2.75, 3.05) is 52.5 Å². The van der Waals surface area contributed by atoms with Crippen LogP contribution in [0.2, 0.25) is 0 Å². The van der Waals surface area contributed by atoms with Gasteiger partial charge >= 0.3 is 0 Å². The summed E-state index contributed by atoms with van der Waals surface area (Å²) in [7, 11) is 0. The number of ether oxygens (including phenoxy) is 4. The highest BCUT2D eigenvalue weighted by Gasteiger charge is 2.50. The number of hydrogen-bond acceptors (Lipinski definition) is 18. The number of benzene rings is 4. The summed E-state index contributed by atoms with van der Waals surface area (Å²) in [6.45, 7) is 3.58. The minimum absolute atomic E-state index is 0.0434. The number of nitrogens with zero attached hydrogens (tertiary/aromatic N) is 7. The lowest BCUT2D eigenvalue weighted by Gasteiger charge is -2.46. The first-order valence-electron chi connectivity index (χ1n) is 25.8. The second-order valence-electron chi connectivity index (χ2n) is 19.6. The highest BCUT2D eigenvalue weighted by molar-refractivity contribution is 5.80. The molecule has 0 bridgehead atoms. The van der Waals surface area contributed by atoms with E-state index in [1.54, 1.807) is 0 Å². The molecule has 18 nitrogen and oxygen atoms in total. The third-order valence-electron chi connectivity index (χ3n) is 14.3. The number of aliphatic hydroxyl groups is 7. The van der Waals surface area contributed by atoms with E-state index in [-0.39, 0.29) is 6.61 Å². The Hall–Kier alpha value is -6.04. The second-order valence-corrected chi connectivity index (χ2v) is 19.6. The van der Waals surface area contributed by atoms with Gasteiger partial charge in [-0.25, -0.2) is 0 Å². The fraction of sp³-hybridized carbons (Fsp3) is 0.379. The lowest BCUT2D eigenvalue weighted by Crippen LogP contribution is -2.64. The molecular formula is C58H65N7O11. The topological polar surface area (TPSA) is 240 Å². The first-order chi connectivity index (χ1) is 37.1. The normalized spacial score (nSPS) is 24.2. The van der Waals surface area contributed by atoms with E-state index < -0.39 is 74.6 Å². The Morgan fingerprint density at radius 2 is 0.750 bits per heavy atom. The summed E-state index contributed by atoms with van der Waals surface area (Å²) < 4.78 is 23.5. The molecule has 8 aromatic rings. The van der Waals surface area contributed by atoms with E-state index in [1.165, 1.54) is 0 Å². The number of para-hydroxylation sites is 4. The third kappa shape index (κ3) is 12.9. The van der Waals surface area contributed by atoms with Gasteiger partial charge in [0.15, 0.2) is 12.6 Å². The number of aromatic nitrogens is 4. The zero-order valence-corrected chi connectivity index (χ0v) is 42.0. The maximum Gasteiger partial charge on any atom is 0.187 e. The molecule has 76 heavy (non-hydrogen) atoms. The molecule has 10 rings (SSSR count). The summed E-state index contributed by atoms with van der Waals surface area (Å²) in [6, 6.07) is 48.9. The van der Waals surface area contributed by atoms with E-state index in [0.29, 0.717) is 58.9 Å². The summed E-state index contributed by atoms with van der Waals surface area (Å²) in [5, 5.41) is 78.5. The van der Waals surface area contributed by atoms with Crippen LogP contribution in [0, 0.1) is 0 Å². The molecule has 0 amide bonds. The maximum atomic E-state index is 11.4. The van der Waals surface area contributed by atoms with Gasteiger partial charge in [0.2, 0.25) is 0 Å². The van der Waals surface area contributed by atoms with Gasteiger partial charge in [-0.3, -0.25) is 34.6 Å². The van der Waals surface area contributed by atoms with Crippen LogP contribution in [-0.4, -0.2) is 184 Å². The van der Waals surface area contributed by atoms with Gasteiger partial charge in [0.1, 0.15) is 48.8 Å². The molecule has 2 fully saturated rings. The highest BCUT2D eigenvalue weighted by Crippen LogP contribution is 2.30. The van der Waals surface area contributed by atoms with Gasteiger partial charge in [-0.2, -0.15) is 0 Å². The van der Waals surface area contributed by atoms with Crippen molar-refractivity contribution in [2.45, 2.75) is 87.6 Å². The van der Waals surface area contributed by atoms with Crippen molar-refractivity contribution in [2.24, 2.45) is 0 Å². The molecule has 2 aliphatic heterocycles. The molecule has 18 heteroatoms. The van der Waals surface area contributed by atoms with Crippen LogP contribution in [0.1, 0.15) is 22.8 Å². The van der Waals surface area contributed by atoms with Crippen molar-refractivity contribution in [3.63, 3.8) is 0 Å². The molecular weight excluding hydrogens is 971 g/mol. The smallest absolute Gasteiger partial charge is 0.187 e. The molecule has 0 spiro atoms. The molecule has 2 saturated heterocycles. The largest absolute Gasteiger partial charge is 0.394 e. The average Bonchev–Trinajstić information content (AvgIpc) is 3.45. The van der Waals surface area contributed by atoms with Crippen LogP contribution < -0.4 is 0 Å². The number of rotatable bonds is 22. The van der Waals surface area contributed by atoms with Gasteiger partial charge in [0, 0.05) is 80.4 Å². The quantitative estimate of drug-likeness (QED) is 0.0514. The Labute approximate surface area is 440 Å². The fourth-order valence-electron chi connectivity index (χ4n) is 10.0. The van der Waals surface area contributed by atoms with Gasteiger partial charge in [0.05, 0.1) is 64.7 Å². The van der Waals surface area contributed by atoms with Crippen molar-refractivity contribution in [3.8, 4) is 0 Å².